The quantitative estimate of drug-likeness (QED) is 0.611. The van der Waals surface area contributed by atoms with E-state index in [1.165, 1.54) is 38.6 Å². The highest BCUT2D eigenvalue weighted by Gasteiger charge is 2.11. The molecule has 0 aromatic heterocycles. The van der Waals surface area contributed by atoms with Gasteiger partial charge in [-0.25, -0.2) is 0 Å². The summed E-state index contributed by atoms with van der Waals surface area (Å²) in [6.45, 7) is 3.52. The van der Waals surface area contributed by atoms with E-state index < -0.39 is 0 Å². The maximum atomic E-state index is 3.49. The molecule has 1 heteroatoms. The van der Waals surface area contributed by atoms with Crippen molar-refractivity contribution in [3.63, 3.8) is 0 Å². The van der Waals surface area contributed by atoms with Crippen LogP contribution in [-0.4, -0.2) is 12.6 Å². The lowest BCUT2D eigenvalue weighted by Crippen LogP contribution is -2.20. The zero-order valence-corrected chi connectivity index (χ0v) is 6.32. The van der Waals surface area contributed by atoms with Gasteiger partial charge in [-0.2, -0.15) is 0 Å². The summed E-state index contributed by atoms with van der Waals surface area (Å²) in [5, 5.41) is 3.49. The van der Waals surface area contributed by atoms with E-state index >= 15 is 0 Å². The second kappa shape index (κ2) is 3.89. The van der Waals surface area contributed by atoms with Gasteiger partial charge in [0.15, 0.2) is 0 Å². The molecule has 0 aromatic rings. The smallest absolute Gasteiger partial charge is 0.00675 e. The Bertz CT molecular complexity index is 65.0. The molecular formula is C8H17N. The fourth-order valence-electron chi connectivity index (χ4n) is 1.45. The highest BCUT2D eigenvalue weighted by molar-refractivity contribution is 4.73. The van der Waals surface area contributed by atoms with Crippen molar-refractivity contribution in [2.75, 3.05) is 6.54 Å². The van der Waals surface area contributed by atoms with Gasteiger partial charge in [0.2, 0.25) is 0 Å². The third kappa shape index (κ3) is 2.35. The van der Waals surface area contributed by atoms with Gasteiger partial charge in [-0.3, -0.25) is 0 Å². The second-order valence-corrected chi connectivity index (χ2v) is 2.94. The maximum Gasteiger partial charge on any atom is 0.00675 e. The van der Waals surface area contributed by atoms with Crippen molar-refractivity contribution < 1.29 is 0 Å². The molecule has 0 saturated carbocycles. The molecule has 1 atom stereocenters. The van der Waals surface area contributed by atoms with Crippen LogP contribution in [0.1, 0.15) is 39.0 Å². The summed E-state index contributed by atoms with van der Waals surface area (Å²) in [4.78, 5) is 0. The third-order valence-corrected chi connectivity index (χ3v) is 2.07. The average molecular weight is 127 g/mol. The van der Waals surface area contributed by atoms with E-state index in [2.05, 4.69) is 12.2 Å². The number of rotatable bonds is 3. The van der Waals surface area contributed by atoms with Crippen LogP contribution < -0.4 is 5.32 Å². The number of nitrogens with one attached hydrogen (secondary N) is 1. The molecule has 0 unspecified atom stereocenters. The summed E-state index contributed by atoms with van der Waals surface area (Å²) in [6.07, 6.45) is 6.96. The first-order chi connectivity index (χ1) is 4.43. The Kier molecular flexibility index (Phi) is 3.05. The van der Waals surface area contributed by atoms with Crippen LogP contribution in [-0.2, 0) is 0 Å². The molecule has 0 aliphatic carbocycles. The molecule has 0 aromatic carbocycles. The molecular weight excluding hydrogens is 110 g/mol. The maximum absolute atomic E-state index is 3.49. The van der Waals surface area contributed by atoms with Crippen molar-refractivity contribution in [2.24, 2.45) is 0 Å². The highest BCUT2D eigenvalue weighted by Crippen LogP contribution is 2.11. The van der Waals surface area contributed by atoms with Crippen molar-refractivity contribution in [3.8, 4) is 0 Å². The Morgan fingerprint density at radius 1 is 1.56 bits per heavy atom. The Labute approximate surface area is 57.8 Å². The molecule has 1 fully saturated rings. The topological polar surface area (TPSA) is 12.0 Å². The van der Waals surface area contributed by atoms with Crippen LogP contribution >= 0.6 is 0 Å². The van der Waals surface area contributed by atoms with Crippen LogP contribution in [0.25, 0.3) is 0 Å². The van der Waals surface area contributed by atoms with Gasteiger partial charge >= 0.3 is 0 Å². The Morgan fingerprint density at radius 3 is 3.00 bits per heavy atom. The second-order valence-electron chi connectivity index (χ2n) is 2.94. The predicted molar refractivity (Wildman–Crippen MR) is 40.5 cm³/mol. The van der Waals surface area contributed by atoms with Crippen LogP contribution in [0.2, 0.25) is 0 Å². The van der Waals surface area contributed by atoms with E-state index in [9.17, 15) is 0 Å². The van der Waals surface area contributed by atoms with Crippen LogP contribution in [0.5, 0.6) is 0 Å². The summed E-state index contributed by atoms with van der Waals surface area (Å²) in [6, 6.07) is 0.866. The molecule has 9 heavy (non-hydrogen) atoms. The molecule has 1 nitrogen and oxygen atoms in total. The molecule has 1 aliphatic heterocycles. The predicted octanol–water partition coefficient (Wildman–Crippen LogP) is 1.93. The third-order valence-electron chi connectivity index (χ3n) is 2.07. The van der Waals surface area contributed by atoms with E-state index in [1.54, 1.807) is 0 Å². The fraction of sp³-hybridized carbons (Fsp3) is 1.00. The van der Waals surface area contributed by atoms with Crippen molar-refractivity contribution in [2.45, 2.75) is 45.1 Å². The lowest BCUT2D eigenvalue weighted by molar-refractivity contribution is 0.532. The minimum absolute atomic E-state index is 0.866. The van der Waals surface area contributed by atoms with Gasteiger partial charge in [0.25, 0.3) is 0 Å². The molecule has 54 valence electrons. The van der Waals surface area contributed by atoms with Gasteiger partial charge in [0, 0.05) is 6.04 Å². The first kappa shape index (κ1) is 7.07. The normalized spacial score (nSPS) is 27.0. The van der Waals surface area contributed by atoms with E-state index in [-0.39, 0.29) is 0 Å². The SMILES string of the molecule is CCCC[C@@H]1CCCN1. The zero-order valence-electron chi connectivity index (χ0n) is 6.32. The monoisotopic (exact) mass is 127 g/mol. The first-order valence-corrected chi connectivity index (χ1v) is 4.17. The van der Waals surface area contributed by atoms with Gasteiger partial charge < -0.3 is 5.32 Å². The molecule has 0 amide bonds. The highest BCUT2D eigenvalue weighted by atomic mass is 14.9. The molecule has 1 saturated heterocycles. The van der Waals surface area contributed by atoms with Crippen molar-refractivity contribution in [1.29, 1.82) is 0 Å². The minimum atomic E-state index is 0.866. The summed E-state index contributed by atoms with van der Waals surface area (Å²) in [5.74, 6) is 0. The van der Waals surface area contributed by atoms with E-state index in [0.29, 0.717) is 0 Å². The van der Waals surface area contributed by atoms with Gasteiger partial charge in [0.1, 0.15) is 0 Å². The van der Waals surface area contributed by atoms with Gasteiger partial charge in [-0.05, 0) is 25.8 Å². The van der Waals surface area contributed by atoms with Gasteiger partial charge in [-0.15, -0.1) is 0 Å². The molecule has 0 bridgehead atoms. The molecule has 0 radical (unpaired) electrons. The van der Waals surface area contributed by atoms with Gasteiger partial charge in [0.05, 0.1) is 0 Å². The van der Waals surface area contributed by atoms with E-state index in [4.69, 9.17) is 0 Å². The number of hydrogen-bond acceptors (Lipinski definition) is 1. The Morgan fingerprint density at radius 2 is 2.44 bits per heavy atom. The Hall–Kier alpha value is -0.0400. The van der Waals surface area contributed by atoms with Crippen LogP contribution in [0, 0.1) is 0 Å². The number of hydrogen-bond donors (Lipinski definition) is 1. The minimum Gasteiger partial charge on any atom is -0.314 e. The van der Waals surface area contributed by atoms with Crippen LogP contribution in [0.3, 0.4) is 0 Å². The zero-order chi connectivity index (χ0) is 6.53. The van der Waals surface area contributed by atoms with Crippen molar-refractivity contribution in [3.05, 3.63) is 0 Å². The van der Waals surface area contributed by atoms with Crippen molar-refractivity contribution in [1.82, 2.24) is 5.32 Å². The molecule has 1 aliphatic rings. The summed E-state index contributed by atoms with van der Waals surface area (Å²) in [7, 11) is 0. The summed E-state index contributed by atoms with van der Waals surface area (Å²) in [5.41, 5.74) is 0. The molecule has 1 rings (SSSR count). The molecule has 1 N–H and O–H groups in total. The lowest BCUT2D eigenvalue weighted by atomic mass is 10.1. The summed E-state index contributed by atoms with van der Waals surface area (Å²) < 4.78 is 0. The van der Waals surface area contributed by atoms with E-state index in [0.717, 1.165) is 6.04 Å². The van der Waals surface area contributed by atoms with Gasteiger partial charge in [-0.1, -0.05) is 19.8 Å². The molecule has 0 spiro atoms. The molecule has 1 heterocycles. The van der Waals surface area contributed by atoms with Crippen molar-refractivity contribution >= 4 is 0 Å². The standard InChI is InChI=1S/C8H17N/c1-2-3-5-8-6-4-7-9-8/h8-9H,2-7H2,1H3/t8-/m1/s1. The fourth-order valence-corrected chi connectivity index (χ4v) is 1.45. The lowest BCUT2D eigenvalue weighted by Gasteiger charge is -2.06. The number of unbranched alkanes of at least 4 members (excludes halogenated alkanes) is 1. The van der Waals surface area contributed by atoms with Crippen LogP contribution in [0.4, 0.5) is 0 Å². The van der Waals surface area contributed by atoms with Crippen LogP contribution in [0.15, 0.2) is 0 Å². The Balaban J connectivity index is 1.98. The summed E-state index contributed by atoms with van der Waals surface area (Å²) >= 11 is 0. The first-order valence-electron chi connectivity index (χ1n) is 4.17. The largest absolute Gasteiger partial charge is 0.314 e. The average Bonchev–Trinajstić information content (AvgIpc) is 2.34. The van der Waals surface area contributed by atoms with E-state index in [1.807, 2.05) is 0 Å².